The summed E-state index contributed by atoms with van der Waals surface area (Å²) in [6.07, 6.45) is 1.25. The van der Waals surface area contributed by atoms with Crippen LogP contribution >= 0.6 is 0 Å². The summed E-state index contributed by atoms with van der Waals surface area (Å²) < 4.78 is 10.5. The fraction of sp³-hybridized carbons (Fsp3) is 0.417. The predicted molar refractivity (Wildman–Crippen MR) is 60.0 cm³/mol. The average Bonchev–Trinajstić information content (AvgIpc) is 2.47. The van der Waals surface area contributed by atoms with Crippen molar-refractivity contribution in [3.8, 4) is 11.5 Å². The molecule has 0 radical (unpaired) electrons. The molecule has 2 rings (SSSR count). The summed E-state index contributed by atoms with van der Waals surface area (Å²) in [5.74, 6) is 1.46. The molecule has 4 nitrogen and oxygen atoms in total. The van der Waals surface area contributed by atoms with Crippen molar-refractivity contribution in [2.75, 3.05) is 20.8 Å². The normalized spacial score (nSPS) is 14.8. The van der Waals surface area contributed by atoms with Gasteiger partial charge in [-0.15, -0.1) is 0 Å². The Morgan fingerprint density at radius 3 is 2.38 bits per heavy atom. The van der Waals surface area contributed by atoms with Crippen LogP contribution in [0.1, 0.15) is 11.1 Å². The van der Waals surface area contributed by atoms with Crippen molar-refractivity contribution in [1.29, 1.82) is 0 Å². The van der Waals surface area contributed by atoms with E-state index in [0.717, 1.165) is 23.3 Å². The van der Waals surface area contributed by atoms with Gasteiger partial charge in [-0.1, -0.05) is 0 Å². The van der Waals surface area contributed by atoms with Crippen LogP contribution in [-0.2, 0) is 17.6 Å². The number of hydrogen-bond donors (Lipinski definition) is 1. The minimum atomic E-state index is 0.0611. The Morgan fingerprint density at radius 1 is 1.12 bits per heavy atom. The van der Waals surface area contributed by atoms with Crippen molar-refractivity contribution in [2.45, 2.75) is 12.8 Å². The maximum Gasteiger partial charge on any atom is 0.224 e. The molecule has 16 heavy (non-hydrogen) atoms. The van der Waals surface area contributed by atoms with Crippen molar-refractivity contribution < 1.29 is 14.3 Å². The quantitative estimate of drug-likeness (QED) is 0.807. The van der Waals surface area contributed by atoms with Gasteiger partial charge in [0.1, 0.15) is 0 Å². The van der Waals surface area contributed by atoms with Crippen molar-refractivity contribution >= 4 is 5.91 Å². The lowest BCUT2D eigenvalue weighted by atomic mass is 10.0. The highest BCUT2D eigenvalue weighted by Gasteiger charge is 2.16. The predicted octanol–water partition coefficient (Wildman–Crippen LogP) is 0.919. The molecule has 1 aliphatic heterocycles. The lowest BCUT2D eigenvalue weighted by Crippen LogP contribution is -2.24. The molecule has 0 spiro atoms. The van der Waals surface area contributed by atoms with Crippen LogP contribution in [0.25, 0.3) is 0 Å². The molecule has 4 heteroatoms. The van der Waals surface area contributed by atoms with Crippen LogP contribution in [0.3, 0.4) is 0 Å². The Kier molecular flexibility index (Phi) is 2.99. The van der Waals surface area contributed by atoms with E-state index in [1.54, 1.807) is 14.2 Å². The summed E-state index contributed by atoms with van der Waals surface area (Å²) in [4.78, 5) is 11.4. The zero-order chi connectivity index (χ0) is 11.5. The number of rotatable bonds is 2. The molecule has 0 aliphatic carbocycles. The Labute approximate surface area is 94.6 Å². The number of methoxy groups -OCH3 is 2. The number of amides is 1. The molecule has 1 amide bonds. The van der Waals surface area contributed by atoms with Crippen LogP contribution < -0.4 is 14.8 Å². The van der Waals surface area contributed by atoms with Crippen molar-refractivity contribution in [3.63, 3.8) is 0 Å². The van der Waals surface area contributed by atoms with Crippen LogP contribution in [0.15, 0.2) is 12.1 Å². The zero-order valence-corrected chi connectivity index (χ0v) is 9.50. The van der Waals surface area contributed by atoms with E-state index in [4.69, 9.17) is 9.47 Å². The average molecular weight is 221 g/mol. The van der Waals surface area contributed by atoms with Gasteiger partial charge in [-0.3, -0.25) is 4.79 Å². The van der Waals surface area contributed by atoms with Gasteiger partial charge in [-0.05, 0) is 29.7 Å². The molecule has 1 aromatic rings. The smallest absolute Gasteiger partial charge is 0.224 e. The maximum absolute atomic E-state index is 11.4. The number of hydrogen-bond acceptors (Lipinski definition) is 3. The van der Waals surface area contributed by atoms with E-state index in [2.05, 4.69) is 5.32 Å². The second-order valence-electron chi connectivity index (χ2n) is 3.75. The van der Waals surface area contributed by atoms with Gasteiger partial charge in [0.05, 0.1) is 20.6 Å². The number of ether oxygens (including phenoxy) is 2. The van der Waals surface area contributed by atoms with Gasteiger partial charge in [0.25, 0.3) is 0 Å². The lowest BCUT2D eigenvalue weighted by molar-refractivity contribution is -0.120. The number of nitrogens with one attached hydrogen (secondary N) is 1. The molecule has 0 atom stereocenters. The Hall–Kier alpha value is -1.71. The highest BCUT2D eigenvalue weighted by atomic mass is 16.5. The Balaban J connectivity index is 2.44. The van der Waals surface area contributed by atoms with E-state index < -0.39 is 0 Å². The number of carbonyl (C=O) groups is 1. The Bertz CT molecular complexity index is 415. The first kappa shape index (κ1) is 10.8. The number of benzene rings is 1. The van der Waals surface area contributed by atoms with Crippen LogP contribution in [0, 0.1) is 0 Å². The molecule has 1 aromatic carbocycles. The molecular formula is C12H15NO3. The van der Waals surface area contributed by atoms with E-state index in [1.807, 2.05) is 12.1 Å². The summed E-state index contributed by atoms with van der Waals surface area (Å²) in [6, 6.07) is 3.84. The maximum atomic E-state index is 11.4. The summed E-state index contributed by atoms with van der Waals surface area (Å²) in [6.45, 7) is 0.682. The summed E-state index contributed by atoms with van der Waals surface area (Å²) in [7, 11) is 3.21. The monoisotopic (exact) mass is 221 g/mol. The van der Waals surface area contributed by atoms with Gasteiger partial charge < -0.3 is 14.8 Å². The molecule has 0 saturated carbocycles. The number of carbonyl (C=O) groups excluding carboxylic acids is 1. The molecule has 0 aromatic heterocycles. The van der Waals surface area contributed by atoms with Crippen LogP contribution in [-0.4, -0.2) is 26.7 Å². The van der Waals surface area contributed by atoms with E-state index in [0.29, 0.717) is 18.7 Å². The minimum Gasteiger partial charge on any atom is -0.493 e. The summed E-state index contributed by atoms with van der Waals surface area (Å²) in [5.41, 5.74) is 2.17. The highest BCUT2D eigenvalue weighted by molar-refractivity contribution is 5.80. The molecule has 86 valence electrons. The largest absolute Gasteiger partial charge is 0.493 e. The Morgan fingerprint density at radius 2 is 1.75 bits per heavy atom. The minimum absolute atomic E-state index is 0.0611. The summed E-state index contributed by atoms with van der Waals surface area (Å²) in [5, 5.41) is 2.85. The van der Waals surface area contributed by atoms with Gasteiger partial charge in [0.15, 0.2) is 11.5 Å². The van der Waals surface area contributed by atoms with Gasteiger partial charge >= 0.3 is 0 Å². The SMILES string of the molecule is COc1cc2c(cc1OC)CC(=O)NCC2. The first-order valence-electron chi connectivity index (χ1n) is 5.25. The first-order valence-corrected chi connectivity index (χ1v) is 5.25. The van der Waals surface area contributed by atoms with E-state index in [1.165, 1.54) is 0 Å². The molecule has 0 fully saturated rings. The molecular weight excluding hydrogens is 206 g/mol. The van der Waals surface area contributed by atoms with Crippen LogP contribution in [0.2, 0.25) is 0 Å². The van der Waals surface area contributed by atoms with Gasteiger partial charge in [0.2, 0.25) is 5.91 Å². The first-order chi connectivity index (χ1) is 7.74. The zero-order valence-electron chi connectivity index (χ0n) is 9.50. The second kappa shape index (κ2) is 4.43. The molecule has 1 N–H and O–H groups in total. The van der Waals surface area contributed by atoms with Crippen molar-refractivity contribution in [1.82, 2.24) is 5.32 Å². The lowest BCUT2D eigenvalue weighted by Gasteiger charge is -2.12. The molecule has 0 saturated heterocycles. The van der Waals surface area contributed by atoms with E-state index in [9.17, 15) is 4.79 Å². The van der Waals surface area contributed by atoms with Crippen molar-refractivity contribution in [2.24, 2.45) is 0 Å². The molecule has 1 heterocycles. The fourth-order valence-corrected chi connectivity index (χ4v) is 1.93. The summed E-state index contributed by atoms with van der Waals surface area (Å²) >= 11 is 0. The fourth-order valence-electron chi connectivity index (χ4n) is 1.93. The van der Waals surface area contributed by atoms with E-state index >= 15 is 0 Å². The third-order valence-electron chi connectivity index (χ3n) is 2.77. The van der Waals surface area contributed by atoms with Gasteiger partial charge in [0, 0.05) is 6.54 Å². The van der Waals surface area contributed by atoms with Gasteiger partial charge in [-0.2, -0.15) is 0 Å². The van der Waals surface area contributed by atoms with Crippen LogP contribution in [0.5, 0.6) is 11.5 Å². The van der Waals surface area contributed by atoms with Crippen LogP contribution in [0.4, 0.5) is 0 Å². The van der Waals surface area contributed by atoms with E-state index in [-0.39, 0.29) is 5.91 Å². The molecule has 0 unspecified atom stereocenters. The standard InChI is InChI=1S/C12H15NO3/c1-15-10-5-8-3-4-13-12(14)7-9(8)6-11(10)16-2/h5-6H,3-4,7H2,1-2H3,(H,13,14). The van der Waals surface area contributed by atoms with Crippen molar-refractivity contribution in [3.05, 3.63) is 23.3 Å². The van der Waals surface area contributed by atoms with Gasteiger partial charge in [-0.25, -0.2) is 0 Å². The third-order valence-corrected chi connectivity index (χ3v) is 2.77. The topological polar surface area (TPSA) is 47.6 Å². The third kappa shape index (κ3) is 1.96. The number of fused-ring (bicyclic) bond motifs is 1. The second-order valence-corrected chi connectivity index (χ2v) is 3.75. The molecule has 1 aliphatic rings. The highest BCUT2D eigenvalue weighted by Crippen LogP contribution is 2.31. The molecule has 0 bridgehead atoms.